The lowest BCUT2D eigenvalue weighted by atomic mass is 9.85. The smallest absolute Gasteiger partial charge is 0.416 e. The van der Waals surface area contributed by atoms with Crippen molar-refractivity contribution < 1.29 is 31.4 Å². The number of rotatable bonds is 2. The molecule has 8 heteroatoms. The number of aliphatic imine (C=N–C) groups is 1. The van der Waals surface area contributed by atoms with Crippen molar-refractivity contribution in [1.82, 2.24) is 0 Å². The first kappa shape index (κ1) is 20.8. The number of hydrogen-bond donors (Lipinski definition) is 1. The lowest BCUT2D eigenvalue weighted by Gasteiger charge is -2.21. The highest BCUT2D eigenvalue weighted by atomic mass is 19.4. The standard InChI is InChI=1S/C19H17F6NO/c1-17(2,3)15-6-4-5-11(16(15)27)10-26-14-8-12(18(20,21)22)7-13(9-14)19(23,24)25/h4-10,27H,1-3H3. The van der Waals surface area contributed by atoms with Crippen molar-refractivity contribution in [2.75, 3.05) is 0 Å². The first-order chi connectivity index (χ1) is 12.2. The number of aromatic hydroxyl groups is 1. The Hall–Kier alpha value is -2.51. The van der Waals surface area contributed by atoms with Crippen molar-refractivity contribution in [2.45, 2.75) is 38.5 Å². The molecule has 27 heavy (non-hydrogen) atoms. The fourth-order valence-electron chi connectivity index (χ4n) is 2.43. The van der Waals surface area contributed by atoms with Crippen molar-refractivity contribution in [1.29, 1.82) is 0 Å². The van der Waals surface area contributed by atoms with Gasteiger partial charge in [-0.05, 0) is 35.2 Å². The summed E-state index contributed by atoms with van der Waals surface area (Å²) in [6.45, 7) is 5.56. The van der Waals surface area contributed by atoms with Gasteiger partial charge in [0.15, 0.2) is 0 Å². The molecular weight excluding hydrogens is 372 g/mol. The maximum absolute atomic E-state index is 12.9. The van der Waals surface area contributed by atoms with Gasteiger partial charge in [0.1, 0.15) is 5.75 Å². The normalized spacial score (nSPS) is 13.4. The monoisotopic (exact) mass is 389 g/mol. The van der Waals surface area contributed by atoms with Gasteiger partial charge in [0.2, 0.25) is 0 Å². The summed E-state index contributed by atoms with van der Waals surface area (Å²) in [5.41, 5.74) is -3.06. The van der Waals surface area contributed by atoms with E-state index < -0.39 is 34.6 Å². The van der Waals surface area contributed by atoms with Crippen LogP contribution in [0, 0.1) is 0 Å². The van der Waals surface area contributed by atoms with E-state index in [-0.39, 0.29) is 17.4 Å². The highest BCUT2D eigenvalue weighted by molar-refractivity contribution is 5.86. The highest BCUT2D eigenvalue weighted by Gasteiger charge is 2.36. The van der Waals surface area contributed by atoms with Gasteiger partial charge in [-0.3, -0.25) is 4.99 Å². The van der Waals surface area contributed by atoms with Crippen molar-refractivity contribution in [3.63, 3.8) is 0 Å². The van der Waals surface area contributed by atoms with Gasteiger partial charge in [0.25, 0.3) is 0 Å². The second-order valence-electron chi connectivity index (χ2n) is 7.02. The number of halogens is 6. The maximum Gasteiger partial charge on any atom is 0.416 e. The number of phenolic OH excluding ortho intramolecular Hbond substituents is 1. The third-order valence-electron chi connectivity index (χ3n) is 3.80. The summed E-state index contributed by atoms with van der Waals surface area (Å²) >= 11 is 0. The van der Waals surface area contributed by atoms with Gasteiger partial charge in [0.05, 0.1) is 16.8 Å². The molecule has 0 aliphatic rings. The molecule has 0 aromatic heterocycles. The number of nitrogens with zero attached hydrogens (tertiary/aromatic N) is 1. The Balaban J connectivity index is 2.52. The van der Waals surface area contributed by atoms with Crippen LogP contribution in [0.2, 0.25) is 0 Å². The predicted molar refractivity (Wildman–Crippen MR) is 90.5 cm³/mol. The van der Waals surface area contributed by atoms with Crippen LogP contribution in [0.15, 0.2) is 41.4 Å². The Labute approximate surface area is 152 Å². The van der Waals surface area contributed by atoms with E-state index in [0.29, 0.717) is 17.7 Å². The fourth-order valence-corrected chi connectivity index (χ4v) is 2.43. The molecule has 0 amide bonds. The first-order valence-electron chi connectivity index (χ1n) is 7.85. The minimum absolute atomic E-state index is 0.0384. The van der Waals surface area contributed by atoms with Crippen molar-refractivity contribution in [3.8, 4) is 5.75 Å². The lowest BCUT2D eigenvalue weighted by molar-refractivity contribution is -0.143. The Kier molecular flexibility index (Phi) is 5.32. The molecule has 0 saturated heterocycles. The molecular formula is C19H17F6NO. The molecule has 2 aromatic rings. The van der Waals surface area contributed by atoms with Gasteiger partial charge in [-0.25, -0.2) is 0 Å². The molecule has 2 nitrogen and oxygen atoms in total. The third-order valence-corrected chi connectivity index (χ3v) is 3.80. The Bertz CT molecular complexity index is 828. The molecule has 1 N–H and O–H groups in total. The second kappa shape index (κ2) is 6.90. The molecule has 0 radical (unpaired) electrons. The van der Waals surface area contributed by atoms with E-state index in [1.54, 1.807) is 12.1 Å². The van der Waals surface area contributed by atoms with Crippen LogP contribution >= 0.6 is 0 Å². The number of alkyl halides is 6. The van der Waals surface area contributed by atoms with Crippen LogP contribution in [-0.4, -0.2) is 11.3 Å². The molecule has 146 valence electrons. The maximum atomic E-state index is 12.9. The summed E-state index contributed by atoms with van der Waals surface area (Å²) in [6.07, 6.45) is -8.85. The highest BCUT2D eigenvalue weighted by Crippen LogP contribution is 2.38. The van der Waals surface area contributed by atoms with E-state index in [4.69, 9.17) is 0 Å². The van der Waals surface area contributed by atoms with Crippen LogP contribution in [0.3, 0.4) is 0 Å². The fraction of sp³-hybridized carbons (Fsp3) is 0.316. The first-order valence-corrected chi connectivity index (χ1v) is 7.85. The van der Waals surface area contributed by atoms with Gasteiger partial charge in [-0.1, -0.05) is 32.9 Å². The summed E-state index contributed by atoms with van der Waals surface area (Å²) in [6, 6.07) is 5.85. The average Bonchev–Trinajstić information content (AvgIpc) is 2.51. The summed E-state index contributed by atoms with van der Waals surface area (Å²) < 4.78 is 77.3. The van der Waals surface area contributed by atoms with Gasteiger partial charge in [-0.15, -0.1) is 0 Å². The average molecular weight is 389 g/mol. The van der Waals surface area contributed by atoms with E-state index in [0.717, 1.165) is 6.21 Å². The quantitative estimate of drug-likeness (QED) is 0.463. The van der Waals surface area contributed by atoms with Gasteiger partial charge in [-0.2, -0.15) is 26.3 Å². The minimum atomic E-state index is -4.94. The summed E-state index contributed by atoms with van der Waals surface area (Å²) in [5.74, 6) is -0.128. The molecule has 0 spiro atoms. The minimum Gasteiger partial charge on any atom is -0.507 e. The third kappa shape index (κ3) is 5.02. The topological polar surface area (TPSA) is 32.6 Å². The van der Waals surface area contributed by atoms with Gasteiger partial charge >= 0.3 is 12.4 Å². The zero-order valence-corrected chi connectivity index (χ0v) is 14.7. The zero-order chi connectivity index (χ0) is 20.6. The van der Waals surface area contributed by atoms with Crippen molar-refractivity contribution in [3.05, 3.63) is 58.7 Å². The van der Waals surface area contributed by atoms with Crippen LogP contribution in [-0.2, 0) is 17.8 Å². The van der Waals surface area contributed by atoms with Crippen LogP contribution in [0.5, 0.6) is 5.75 Å². The number of phenols is 1. The zero-order valence-electron chi connectivity index (χ0n) is 14.7. The predicted octanol–water partition coefficient (Wildman–Crippen LogP) is 6.48. The molecule has 0 unspecified atom stereocenters. The largest absolute Gasteiger partial charge is 0.507 e. The van der Waals surface area contributed by atoms with E-state index >= 15 is 0 Å². The number of hydrogen-bond acceptors (Lipinski definition) is 2. The van der Waals surface area contributed by atoms with Crippen LogP contribution in [0.1, 0.15) is 43.0 Å². The van der Waals surface area contributed by atoms with E-state index in [9.17, 15) is 31.4 Å². The molecule has 0 bridgehead atoms. The second-order valence-corrected chi connectivity index (χ2v) is 7.02. The lowest BCUT2D eigenvalue weighted by Crippen LogP contribution is -2.11. The summed E-state index contributed by atoms with van der Waals surface area (Å²) in [4.78, 5) is 3.72. The molecule has 2 rings (SSSR count). The molecule has 0 heterocycles. The number of benzene rings is 2. The van der Waals surface area contributed by atoms with Gasteiger partial charge in [0, 0.05) is 11.8 Å². The van der Waals surface area contributed by atoms with E-state index in [1.807, 2.05) is 20.8 Å². The van der Waals surface area contributed by atoms with Gasteiger partial charge < -0.3 is 5.11 Å². The molecule has 0 atom stereocenters. The molecule has 0 fully saturated rings. The number of para-hydroxylation sites is 1. The Morgan fingerprint density at radius 3 is 1.81 bits per heavy atom. The Morgan fingerprint density at radius 2 is 1.37 bits per heavy atom. The molecule has 0 aliphatic carbocycles. The van der Waals surface area contributed by atoms with Crippen LogP contribution < -0.4 is 0 Å². The molecule has 2 aromatic carbocycles. The molecule has 0 aliphatic heterocycles. The van der Waals surface area contributed by atoms with Crippen molar-refractivity contribution in [2.24, 2.45) is 4.99 Å². The van der Waals surface area contributed by atoms with E-state index in [2.05, 4.69) is 4.99 Å². The van der Waals surface area contributed by atoms with Crippen LogP contribution in [0.25, 0.3) is 0 Å². The van der Waals surface area contributed by atoms with E-state index in [1.165, 1.54) is 6.07 Å². The molecule has 0 saturated carbocycles. The van der Waals surface area contributed by atoms with Crippen LogP contribution in [0.4, 0.5) is 32.0 Å². The SMILES string of the molecule is CC(C)(C)c1cccc(C=Nc2cc(C(F)(F)F)cc(C(F)(F)F)c2)c1O. The summed E-state index contributed by atoms with van der Waals surface area (Å²) in [5, 5.41) is 10.3. The Morgan fingerprint density at radius 1 is 0.852 bits per heavy atom. The van der Waals surface area contributed by atoms with Crippen molar-refractivity contribution >= 4 is 11.9 Å². The summed E-state index contributed by atoms with van der Waals surface area (Å²) in [7, 11) is 0.